The van der Waals surface area contributed by atoms with Crippen LogP contribution in [-0.4, -0.2) is 0 Å². The van der Waals surface area contributed by atoms with Crippen molar-refractivity contribution in [2.45, 2.75) is 46.1 Å². The third kappa shape index (κ3) is 2.50. The van der Waals surface area contributed by atoms with Crippen LogP contribution in [0.2, 0.25) is 0 Å². The van der Waals surface area contributed by atoms with E-state index in [1.165, 1.54) is 39.1 Å². The molecule has 25 heavy (non-hydrogen) atoms. The molecule has 0 saturated heterocycles. The van der Waals surface area contributed by atoms with Gasteiger partial charge in [-0.1, -0.05) is 54.4 Å². The third-order valence-electron chi connectivity index (χ3n) is 5.89. The standard InChI is InChI=1S/C24H26N/c1-16-12-17(2)14-20(13-16)19-10-11-23-22-9-7-6-8-21(22)18(3)24(4,5)25(23)15-19/h6-15,18H,1-5H3/q+1. The van der Waals surface area contributed by atoms with Crippen molar-refractivity contribution in [1.82, 2.24) is 0 Å². The van der Waals surface area contributed by atoms with Crippen LogP contribution in [0.5, 0.6) is 0 Å². The molecule has 1 aromatic heterocycles. The minimum Gasteiger partial charge on any atom is -0.192 e. The van der Waals surface area contributed by atoms with Crippen molar-refractivity contribution in [2.75, 3.05) is 0 Å². The number of aryl methyl sites for hydroxylation is 2. The molecular weight excluding hydrogens is 302 g/mol. The Morgan fingerprint density at radius 1 is 0.840 bits per heavy atom. The summed E-state index contributed by atoms with van der Waals surface area (Å²) in [6.07, 6.45) is 2.34. The fourth-order valence-electron chi connectivity index (χ4n) is 4.21. The molecule has 1 aliphatic heterocycles. The Kier molecular flexibility index (Phi) is 3.57. The minimum atomic E-state index is 0.0402. The van der Waals surface area contributed by atoms with Crippen LogP contribution in [-0.2, 0) is 5.54 Å². The predicted octanol–water partition coefficient (Wildman–Crippen LogP) is 5.78. The topological polar surface area (TPSA) is 3.88 Å². The lowest BCUT2D eigenvalue weighted by Gasteiger charge is -2.34. The molecule has 0 bridgehead atoms. The Morgan fingerprint density at radius 3 is 2.24 bits per heavy atom. The molecule has 0 amide bonds. The maximum Gasteiger partial charge on any atom is 0.213 e. The van der Waals surface area contributed by atoms with Crippen molar-refractivity contribution in [3.63, 3.8) is 0 Å². The van der Waals surface area contributed by atoms with Gasteiger partial charge in [-0.05, 0) is 37.1 Å². The summed E-state index contributed by atoms with van der Waals surface area (Å²) < 4.78 is 2.48. The van der Waals surface area contributed by atoms with Gasteiger partial charge in [0.05, 0.1) is 0 Å². The van der Waals surface area contributed by atoms with E-state index in [0.717, 1.165) is 0 Å². The summed E-state index contributed by atoms with van der Waals surface area (Å²) in [5.74, 6) is 0.468. The highest BCUT2D eigenvalue weighted by atomic mass is 15.1. The van der Waals surface area contributed by atoms with Gasteiger partial charge in [-0.15, -0.1) is 0 Å². The highest BCUT2D eigenvalue weighted by molar-refractivity contribution is 5.68. The van der Waals surface area contributed by atoms with Gasteiger partial charge in [0.25, 0.3) is 0 Å². The molecule has 3 aromatic rings. The molecule has 1 heteroatoms. The average molecular weight is 328 g/mol. The fourth-order valence-corrected chi connectivity index (χ4v) is 4.21. The SMILES string of the molecule is Cc1cc(C)cc(-c2ccc3[n+](c2)C(C)(C)C(C)c2ccccc2-3)c1. The number of benzene rings is 2. The van der Waals surface area contributed by atoms with Gasteiger partial charge in [0, 0.05) is 37.0 Å². The van der Waals surface area contributed by atoms with E-state index in [9.17, 15) is 0 Å². The Balaban J connectivity index is 1.95. The van der Waals surface area contributed by atoms with E-state index >= 15 is 0 Å². The smallest absolute Gasteiger partial charge is 0.192 e. The van der Waals surface area contributed by atoms with Crippen molar-refractivity contribution in [3.05, 3.63) is 77.5 Å². The summed E-state index contributed by atoms with van der Waals surface area (Å²) in [6, 6.07) is 20.2. The van der Waals surface area contributed by atoms with E-state index in [0.29, 0.717) is 5.92 Å². The van der Waals surface area contributed by atoms with Gasteiger partial charge in [-0.25, -0.2) is 0 Å². The number of fused-ring (bicyclic) bond motifs is 3. The van der Waals surface area contributed by atoms with Crippen LogP contribution in [0.1, 0.15) is 43.4 Å². The summed E-state index contributed by atoms with van der Waals surface area (Å²) in [5.41, 5.74) is 9.38. The normalized spacial score (nSPS) is 17.7. The zero-order valence-electron chi connectivity index (χ0n) is 15.8. The zero-order valence-corrected chi connectivity index (χ0v) is 15.8. The van der Waals surface area contributed by atoms with Crippen LogP contribution < -0.4 is 4.57 Å². The molecule has 0 aliphatic carbocycles. The molecule has 0 spiro atoms. The fraction of sp³-hybridized carbons (Fsp3) is 0.292. The summed E-state index contributed by atoms with van der Waals surface area (Å²) in [6.45, 7) is 11.4. The maximum absolute atomic E-state index is 2.48. The first-order valence-electron chi connectivity index (χ1n) is 9.12. The molecule has 4 rings (SSSR count). The third-order valence-corrected chi connectivity index (χ3v) is 5.89. The van der Waals surface area contributed by atoms with Gasteiger partial charge in [0.15, 0.2) is 11.7 Å². The molecule has 0 saturated carbocycles. The number of hydrogen-bond donors (Lipinski definition) is 0. The first-order valence-corrected chi connectivity index (χ1v) is 9.12. The van der Waals surface area contributed by atoms with Crippen molar-refractivity contribution in [1.29, 1.82) is 0 Å². The van der Waals surface area contributed by atoms with E-state index < -0.39 is 0 Å². The van der Waals surface area contributed by atoms with Gasteiger partial charge in [0.1, 0.15) is 0 Å². The van der Waals surface area contributed by atoms with Crippen molar-refractivity contribution in [3.8, 4) is 22.4 Å². The second-order valence-electron chi connectivity index (χ2n) is 8.01. The molecule has 0 radical (unpaired) electrons. The summed E-state index contributed by atoms with van der Waals surface area (Å²) in [5, 5.41) is 0. The zero-order chi connectivity index (χ0) is 17.8. The molecular formula is C24H26N+. The van der Waals surface area contributed by atoms with E-state index in [1.807, 2.05) is 0 Å². The monoisotopic (exact) mass is 328 g/mol. The van der Waals surface area contributed by atoms with Gasteiger partial charge in [0.2, 0.25) is 5.69 Å². The van der Waals surface area contributed by atoms with Crippen molar-refractivity contribution in [2.24, 2.45) is 0 Å². The highest BCUT2D eigenvalue weighted by Crippen LogP contribution is 2.41. The number of rotatable bonds is 1. The number of pyridine rings is 1. The van der Waals surface area contributed by atoms with Gasteiger partial charge < -0.3 is 0 Å². The van der Waals surface area contributed by atoms with E-state index in [2.05, 4.69) is 100.0 Å². The van der Waals surface area contributed by atoms with E-state index in [-0.39, 0.29) is 5.54 Å². The van der Waals surface area contributed by atoms with Gasteiger partial charge in [-0.2, -0.15) is 4.57 Å². The Morgan fingerprint density at radius 2 is 1.52 bits per heavy atom. The van der Waals surface area contributed by atoms with Crippen molar-refractivity contribution < 1.29 is 4.57 Å². The van der Waals surface area contributed by atoms with Crippen LogP contribution in [0, 0.1) is 13.8 Å². The van der Waals surface area contributed by atoms with Crippen LogP contribution >= 0.6 is 0 Å². The molecule has 1 nitrogen and oxygen atoms in total. The lowest BCUT2D eigenvalue weighted by atomic mass is 9.76. The molecule has 1 unspecified atom stereocenters. The Hall–Kier alpha value is -2.41. The Labute approximate surface area is 151 Å². The predicted molar refractivity (Wildman–Crippen MR) is 105 cm³/mol. The van der Waals surface area contributed by atoms with Gasteiger partial charge >= 0.3 is 0 Å². The summed E-state index contributed by atoms with van der Waals surface area (Å²) in [7, 11) is 0. The maximum atomic E-state index is 2.48. The lowest BCUT2D eigenvalue weighted by molar-refractivity contribution is -0.753. The molecule has 1 aliphatic rings. The molecule has 0 fully saturated rings. The molecule has 2 heterocycles. The summed E-state index contributed by atoms with van der Waals surface area (Å²) in [4.78, 5) is 0. The van der Waals surface area contributed by atoms with Crippen LogP contribution in [0.25, 0.3) is 22.4 Å². The van der Waals surface area contributed by atoms with E-state index in [4.69, 9.17) is 0 Å². The molecule has 2 aromatic carbocycles. The first kappa shape index (κ1) is 16.1. The second kappa shape index (κ2) is 5.56. The number of aromatic nitrogens is 1. The number of nitrogens with zero attached hydrogens (tertiary/aromatic N) is 1. The summed E-state index contributed by atoms with van der Waals surface area (Å²) >= 11 is 0. The van der Waals surface area contributed by atoms with Crippen LogP contribution in [0.4, 0.5) is 0 Å². The van der Waals surface area contributed by atoms with E-state index in [1.54, 1.807) is 0 Å². The largest absolute Gasteiger partial charge is 0.213 e. The second-order valence-corrected chi connectivity index (χ2v) is 8.01. The average Bonchev–Trinajstić information content (AvgIpc) is 2.59. The van der Waals surface area contributed by atoms with Crippen molar-refractivity contribution >= 4 is 0 Å². The molecule has 126 valence electrons. The number of hydrogen-bond acceptors (Lipinski definition) is 0. The van der Waals surface area contributed by atoms with Crippen LogP contribution in [0.15, 0.2) is 60.8 Å². The molecule has 0 N–H and O–H groups in total. The minimum absolute atomic E-state index is 0.0402. The highest BCUT2D eigenvalue weighted by Gasteiger charge is 2.44. The quantitative estimate of drug-likeness (QED) is 0.499. The lowest BCUT2D eigenvalue weighted by Crippen LogP contribution is -2.58. The van der Waals surface area contributed by atoms with Gasteiger partial charge in [-0.3, -0.25) is 0 Å². The molecule has 1 atom stereocenters. The first-order chi connectivity index (χ1) is 11.9. The Bertz CT molecular complexity index is 945. The van der Waals surface area contributed by atoms with Crippen LogP contribution in [0.3, 0.4) is 0 Å².